The highest BCUT2D eigenvalue weighted by atomic mass is 19.4. The van der Waals surface area contributed by atoms with Gasteiger partial charge in [0.25, 0.3) is 5.91 Å². The molecule has 3 aromatic rings. The standard InChI is InChI=1S/C21H21F4N7O2/c1-12-11-31(20(33)19-16(7-15(22)9-28-19)32-29-5-6-30-32)17(13(2)34-12)10-27-18-4-3-14(8-26-18)21(23,24)25/h3-9,12-13,17H,10-11H2,1-2H3,(H,26,27)/t12-,13+,17-/m1/s1. The smallest absolute Gasteiger partial charge is 0.372 e. The van der Waals surface area contributed by atoms with Crippen LogP contribution >= 0.6 is 0 Å². The third kappa shape index (κ3) is 4.98. The molecule has 0 spiro atoms. The van der Waals surface area contributed by atoms with Crippen molar-refractivity contribution in [3.05, 3.63) is 60.1 Å². The summed E-state index contributed by atoms with van der Waals surface area (Å²) in [6.07, 6.45) is -0.733. The molecule has 1 aliphatic rings. The summed E-state index contributed by atoms with van der Waals surface area (Å²) >= 11 is 0. The number of halogens is 4. The van der Waals surface area contributed by atoms with Crippen LogP contribution in [-0.2, 0) is 10.9 Å². The van der Waals surface area contributed by atoms with Crippen molar-refractivity contribution in [2.45, 2.75) is 38.3 Å². The van der Waals surface area contributed by atoms with Crippen LogP contribution in [0.3, 0.4) is 0 Å². The average molecular weight is 479 g/mol. The Hall–Kier alpha value is -3.61. The van der Waals surface area contributed by atoms with E-state index in [9.17, 15) is 22.4 Å². The van der Waals surface area contributed by atoms with Gasteiger partial charge in [0, 0.05) is 25.4 Å². The number of pyridine rings is 2. The van der Waals surface area contributed by atoms with Crippen LogP contribution < -0.4 is 5.32 Å². The van der Waals surface area contributed by atoms with Crippen molar-refractivity contribution in [3.8, 4) is 5.69 Å². The van der Waals surface area contributed by atoms with Gasteiger partial charge < -0.3 is 15.0 Å². The minimum Gasteiger partial charge on any atom is -0.372 e. The summed E-state index contributed by atoms with van der Waals surface area (Å²) in [5.74, 6) is -0.923. The number of nitrogens with zero attached hydrogens (tertiary/aromatic N) is 6. The minimum atomic E-state index is -4.49. The SMILES string of the molecule is C[C@@H]1CN(C(=O)c2ncc(F)cc2-n2nccn2)[C@H](CNc2ccc(C(F)(F)F)cn2)[C@H](C)O1. The topological polar surface area (TPSA) is 98.1 Å². The first-order valence-corrected chi connectivity index (χ1v) is 10.4. The molecule has 3 atom stereocenters. The van der Waals surface area contributed by atoms with Crippen LogP contribution in [0.2, 0.25) is 0 Å². The van der Waals surface area contributed by atoms with Gasteiger partial charge in [-0.3, -0.25) is 4.79 Å². The number of carbonyl (C=O) groups is 1. The van der Waals surface area contributed by atoms with Crippen LogP contribution in [0.1, 0.15) is 29.9 Å². The maximum Gasteiger partial charge on any atom is 0.417 e. The number of alkyl halides is 3. The minimum absolute atomic E-state index is 0.0449. The second-order valence-electron chi connectivity index (χ2n) is 7.83. The molecule has 34 heavy (non-hydrogen) atoms. The number of anilines is 1. The molecule has 180 valence electrons. The number of ether oxygens (including phenoxy) is 1. The summed E-state index contributed by atoms with van der Waals surface area (Å²) in [7, 11) is 0. The van der Waals surface area contributed by atoms with E-state index in [1.54, 1.807) is 11.8 Å². The normalized spacial score (nSPS) is 20.9. The van der Waals surface area contributed by atoms with E-state index in [-0.39, 0.29) is 36.4 Å². The third-order valence-corrected chi connectivity index (χ3v) is 5.36. The largest absolute Gasteiger partial charge is 0.417 e. The van der Waals surface area contributed by atoms with Crippen molar-refractivity contribution in [3.63, 3.8) is 0 Å². The van der Waals surface area contributed by atoms with Gasteiger partial charge in [0.05, 0.1) is 42.4 Å². The molecule has 3 aromatic heterocycles. The second-order valence-corrected chi connectivity index (χ2v) is 7.83. The Kier molecular flexibility index (Phi) is 6.46. The second kappa shape index (κ2) is 9.33. The van der Waals surface area contributed by atoms with Crippen LogP contribution in [0.5, 0.6) is 0 Å². The first-order valence-electron chi connectivity index (χ1n) is 10.4. The Balaban J connectivity index is 1.58. The van der Waals surface area contributed by atoms with E-state index in [2.05, 4.69) is 25.5 Å². The molecule has 0 aromatic carbocycles. The molecule has 13 heteroatoms. The average Bonchev–Trinajstić information content (AvgIpc) is 3.32. The molecule has 0 bridgehead atoms. The number of amides is 1. The van der Waals surface area contributed by atoms with Gasteiger partial charge >= 0.3 is 6.18 Å². The molecule has 1 N–H and O–H groups in total. The Morgan fingerprint density at radius 2 is 1.91 bits per heavy atom. The number of morpholine rings is 1. The van der Waals surface area contributed by atoms with Crippen molar-refractivity contribution in [1.29, 1.82) is 0 Å². The van der Waals surface area contributed by atoms with Gasteiger partial charge in [-0.2, -0.15) is 23.4 Å². The lowest BCUT2D eigenvalue weighted by Gasteiger charge is -2.42. The van der Waals surface area contributed by atoms with Gasteiger partial charge in [-0.25, -0.2) is 14.4 Å². The molecule has 0 aliphatic carbocycles. The summed E-state index contributed by atoms with van der Waals surface area (Å²) in [5.41, 5.74) is -0.824. The monoisotopic (exact) mass is 479 g/mol. The number of hydrogen-bond acceptors (Lipinski definition) is 7. The Labute approximate surface area is 191 Å². The third-order valence-electron chi connectivity index (χ3n) is 5.36. The molecule has 1 amide bonds. The van der Waals surface area contributed by atoms with E-state index >= 15 is 0 Å². The van der Waals surface area contributed by atoms with E-state index < -0.39 is 35.6 Å². The van der Waals surface area contributed by atoms with E-state index in [0.717, 1.165) is 29.3 Å². The summed E-state index contributed by atoms with van der Waals surface area (Å²) in [6, 6.07) is 2.74. The quantitative estimate of drug-likeness (QED) is 0.562. The Bertz CT molecular complexity index is 1140. The number of hydrogen-bond donors (Lipinski definition) is 1. The highest BCUT2D eigenvalue weighted by Gasteiger charge is 2.38. The maximum absolute atomic E-state index is 13.9. The molecular weight excluding hydrogens is 458 g/mol. The molecule has 0 unspecified atom stereocenters. The predicted molar refractivity (Wildman–Crippen MR) is 112 cm³/mol. The lowest BCUT2D eigenvalue weighted by atomic mass is 10.1. The van der Waals surface area contributed by atoms with Gasteiger partial charge in [-0.15, -0.1) is 4.80 Å². The summed E-state index contributed by atoms with van der Waals surface area (Å²) < 4.78 is 58.1. The number of aromatic nitrogens is 5. The predicted octanol–water partition coefficient (Wildman–Crippen LogP) is 2.95. The van der Waals surface area contributed by atoms with Crippen molar-refractivity contribution >= 4 is 11.7 Å². The molecular formula is C21H21F4N7O2. The molecule has 1 fully saturated rings. The molecule has 0 saturated carbocycles. The molecule has 0 radical (unpaired) electrons. The van der Waals surface area contributed by atoms with Crippen molar-refractivity contribution in [2.75, 3.05) is 18.4 Å². The first-order chi connectivity index (χ1) is 16.1. The van der Waals surface area contributed by atoms with Crippen LogP contribution in [0, 0.1) is 5.82 Å². The summed E-state index contributed by atoms with van der Waals surface area (Å²) in [4.78, 5) is 24.0. The van der Waals surface area contributed by atoms with E-state index in [1.807, 2.05) is 6.92 Å². The van der Waals surface area contributed by atoms with Crippen LogP contribution in [0.25, 0.3) is 5.69 Å². The van der Waals surface area contributed by atoms with Crippen LogP contribution in [0.15, 0.2) is 43.0 Å². The summed E-state index contributed by atoms with van der Waals surface area (Å²) in [5, 5.41) is 10.9. The fourth-order valence-corrected chi connectivity index (χ4v) is 3.77. The van der Waals surface area contributed by atoms with E-state index in [0.29, 0.717) is 0 Å². The van der Waals surface area contributed by atoms with E-state index in [1.165, 1.54) is 18.5 Å². The molecule has 4 rings (SSSR count). The zero-order chi connectivity index (χ0) is 24.5. The molecule has 9 nitrogen and oxygen atoms in total. The lowest BCUT2D eigenvalue weighted by Crippen LogP contribution is -2.58. The van der Waals surface area contributed by atoms with Crippen molar-refractivity contribution in [1.82, 2.24) is 29.9 Å². The molecule has 4 heterocycles. The fourth-order valence-electron chi connectivity index (χ4n) is 3.77. The first kappa shape index (κ1) is 23.5. The number of nitrogens with one attached hydrogen (secondary N) is 1. The number of rotatable bonds is 5. The van der Waals surface area contributed by atoms with Crippen molar-refractivity contribution in [2.24, 2.45) is 0 Å². The lowest BCUT2D eigenvalue weighted by molar-refractivity contribution is -0.137. The maximum atomic E-state index is 13.9. The Morgan fingerprint density at radius 3 is 2.56 bits per heavy atom. The highest BCUT2D eigenvalue weighted by Crippen LogP contribution is 2.29. The zero-order valence-corrected chi connectivity index (χ0v) is 18.2. The van der Waals surface area contributed by atoms with Gasteiger partial charge in [0.2, 0.25) is 0 Å². The number of carbonyl (C=O) groups excluding carboxylic acids is 1. The van der Waals surface area contributed by atoms with Gasteiger partial charge in [0.15, 0.2) is 5.69 Å². The van der Waals surface area contributed by atoms with E-state index in [4.69, 9.17) is 4.74 Å². The zero-order valence-electron chi connectivity index (χ0n) is 18.2. The Morgan fingerprint density at radius 1 is 1.18 bits per heavy atom. The van der Waals surface area contributed by atoms with Crippen LogP contribution in [0.4, 0.5) is 23.4 Å². The summed E-state index contributed by atoms with van der Waals surface area (Å²) in [6.45, 7) is 3.97. The highest BCUT2D eigenvalue weighted by molar-refractivity contribution is 5.96. The van der Waals surface area contributed by atoms with Crippen LogP contribution in [-0.4, -0.2) is 67.1 Å². The fraction of sp³-hybridized carbons (Fsp3) is 0.381. The van der Waals surface area contributed by atoms with Gasteiger partial charge in [-0.05, 0) is 26.0 Å². The van der Waals surface area contributed by atoms with Crippen molar-refractivity contribution < 1.29 is 27.1 Å². The molecule has 1 saturated heterocycles. The van der Waals surface area contributed by atoms with Gasteiger partial charge in [-0.1, -0.05) is 0 Å². The molecule has 1 aliphatic heterocycles. The van der Waals surface area contributed by atoms with Gasteiger partial charge in [0.1, 0.15) is 17.3 Å².